The van der Waals surface area contributed by atoms with Gasteiger partial charge in [-0.1, -0.05) is 0 Å². The van der Waals surface area contributed by atoms with Gasteiger partial charge < -0.3 is 19.8 Å². The largest absolute Gasteiger partial charge is 0.463 e. The van der Waals surface area contributed by atoms with Gasteiger partial charge in [-0.15, -0.1) is 0 Å². The summed E-state index contributed by atoms with van der Waals surface area (Å²) in [5, 5.41) is 7.13. The maximum atomic E-state index is 12.4. The zero-order valence-electron chi connectivity index (χ0n) is 12.7. The van der Waals surface area contributed by atoms with Crippen molar-refractivity contribution in [3.8, 4) is 0 Å². The molecule has 3 atom stereocenters. The van der Waals surface area contributed by atoms with E-state index in [9.17, 15) is 9.59 Å². The Labute approximate surface area is 132 Å². The highest BCUT2D eigenvalue weighted by Gasteiger charge is 2.40. The van der Waals surface area contributed by atoms with Gasteiger partial charge in [0.25, 0.3) is 5.91 Å². The average molecular weight is 315 g/mol. The van der Waals surface area contributed by atoms with Crippen molar-refractivity contribution in [3.05, 3.63) is 29.8 Å². The minimum atomic E-state index is -0.554. The van der Waals surface area contributed by atoms with Gasteiger partial charge in [0.15, 0.2) is 0 Å². The summed E-state index contributed by atoms with van der Waals surface area (Å²) in [4.78, 5) is 28.0. The number of methoxy groups -OCH3 is 1. The van der Waals surface area contributed by atoms with Gasteiger partial charge in [-0.3, -0.25) is 9.78 Å². The quantitative estimate of drug-likeness (QED) is 0.824. The number of hydrogen-bond donors (Lipinski definition) is 2. The number of carbonyl (C=O) groups is 2. The van der Waals surface area contributed by atoms with Gasteiger partial charge in [-0.05, 0) is 18.8 Å². The Balaban J connectivity index is 1.54. The number of carbonyl (C=O) groups excluding carboxylic acids is 2. The zero-order chi connectivity index (χ0) is 16.0. The fourth-order valence-electron chi connectivity index (χ4n) is 3.51. The number of piperidine rings is 1. The number of esters is 1. The maximum absolute atomic E-state index is 12.4. The van der Waals surface area contributed by atoms with E-state index in [2.05, 4.69) is 20.4 Å². The third kappa shape index (κ3) is 2.46. The van der Waals surface area contributed by atoms with Crippen LogP contribution in [0.4, 0.5) is 0 Å². The molecular weight excluding hydrogens is 298 g/mol. The number of hydrogen-bond acceptors (Lipinski definition) is 6. The first-order valence-corrected chi connectivity index (χ1v) is 7.66. The van der Waals surface area contributed by atoms with Crippen LogP contribution in [0.2, 0.25) is 0 Å². The lowest BCUT2D eigenvalue weighted by molar-refractivity contribution is 0.0567. The zero-order valence-corrected chi connectivity index (χ0v) is 12.7. The van der Waals surface area contributed by atoms with Gasteiger partial charge in [-0.25, -0.2) is 4.79 Å². The van der Waals surface area contributed by atoms with Gasteiger partial charge in [0.05, 0.1) is 7.11 Å². The fraction of sp³-hybridized carbons (Fsp3) is 0.438. The third-order valence-corrected chi connectivity index (χ3v) is 4.70. The Morgan fingerprint density at radius 3 is 2.96 bits per heavy atom. The molecule has 1 saturated heterocycles. The molecule has 2 aromatic rings. The molecule has 7 nitrogen and oxygen atoms in total. The molecule has 3 heterocycles. The predicted molar refractivity (Wildman–Crippen MR) is 81.1 cm³/mol. The van der Waals surface area contributed by atoms with Gasteiger partial charge in [0.2, 0.25) is 5.76 Å². The van der Waals surface area contributed by atoms with E-state index in [4.69, 9.17) is 4.42 Å². The molecule has 0 spiro atoms. The third-order valence-electron chi connectivity index (χ3n) is 4.70. The monoisotopic (exact) mass is 315 g/mol. The van der Waals surface area contributed by atoms with Crippen LogP contribution in [0.15, 0.2) is 22.7 Å². The molecule has 0 aromatic carbocycles. The summed E-state index contributed by atoms with van der Waals surface area (Å²) in [6.07, 6.45) is 3.62. The lowest BCUT2D eigenvalue weighted by atomic mass is 10.0. The molecule has 1 aliphatic heterocycles. The second-order valence-corrected chi connectivity index (χ2v) is 6.13. The molecule has 2 N–H and O–H groups in total. The van der Waals surface area contributed by atoms with Crippen molar-refractivity contribution in [3.63, 3.8) is 0 Å². The van der Waals surface area contributed by atoms with Gasteiger partial charge in [-0.2, -0.15) is 0 Å². The summed E-state index contributed by atoms with van der Waals surface area (Å²) in [7, 11) is 1.29. The van der Waals surface area contributed by atoms with Crippen molar-refractivity contribution >= 4 is 22.8 Å². The summed E-state index contributed by atoms with van der Waals surface area (Å²) in [5.74, 6) is -0.162. The number of amides is 1. The van der Waals surface area contributed by atoms with E-state index in [-0.39, 0.29) is 17.7 Å². The molecule has 4 rings (SSSR count). The van der Waals surface area contributed by atoms with Crippen LogP contribution in [-0.2, 0) is 4.74 Å². The topological polar surface area (TPSA) is 93.5 Å². The standard InChI is InChI=1S/C16H17N3O4/c1-22-16(21)14-3-9-7-18-12(5-13(9)23-14)15(20)19-11-4-10-2-8(11)6-17-10/h3,5,7-8,10-11,17H,2,4,6H2,1H3,(H,19,20). The summed E-state index contributed by atoms with van der Waals surface area (Å²) >= 11 is 0. The lowest BCUT2D eigenvalue weighted by Gasteiger charge is -2.23. The van der Waals surface area contributed by atoms with Crippen LogP contribution in [0.25, 0.3) is 11.0 Å². The Kier molecular flexibility index (Phi) is 3.30. The Hall–Kier alpha value is -2.41. The number of nitrogens with zero attached hydrogens (tertiary/aromatic N) is 1. The van der Waals surface area contributed by atoms with Gasteiger partial charge in [0.1, 0.15) is 11.3 Å². The fourth-order valence-corrected chi connectivity index (χ4v) is 3.51. The SMILES string of the molecule is COC(=O)c1cc2cnc(C(=O)NC3CC4CC3CN4)cc2o1. The first kappa shape index (κ1) is 14.2. The highest BCUT2D eigenvalue weighted by atomic mass is 16.5. The summed E-state index contributed by atoms with van der Waals surface area (Å²) < 4.78 is 10.0. The Morgan fingerprint density at radius 2 is 2.26 bits per heavy atom. The Bertz CT molecular complexity index is 785. The van der Waals surface area contributed by atoms with Crippen LogP contribution < -0.4 is 10.6 Å². The second-order valence-electron chi connectivity index (χ2n) is 6.13. The van der Waals surface area contributed by atoms with E-state index in [0.29, 0.717) is 28.6 Å². The van der Waals surface area contributed by atoms with E-state index in [1.54, 1.807) is 12.1 Å². The number of ether oxygens (including phenoxy) is 1. The van der Waals surface area contributed by atoms with Crippen molar-refractivity contribution in [1.29, 1.82) is 0 Å². The van der Waals surface area contributed by atoms with E-state index < -0.39 is 5.97 Å². The minimum Gasteiger partial charge on any atom is -0.463 e. The van der Waals surface area contributed by atoms with E-state index in [0.717, 1.165) is 19.4 Å². The molecule has 2 aliphatic rings. The molecule has 1 aliphatic carbocycles. The highest BCUT2D eigenvalue weighted by Crippen LogP contribution is 2.31. The predicted octanol–water partition coefficient (Wildman–Crippen LogP) is 1.09. The van der Waals surface area contributed by atoms with Gasteiger partial charge in [0, 0.05) is 42.3 Å². The molecule has 2 bridgehead atoms. The number of fused-ring (bicyclic) bond motifs is 3. The van der Waals surface area contributed by atoms with E-state index in [1.807, 2.05) is 0 Å². The van der Waals surface area contributed by atoms with Crippen molar-refractivity contribution in [2.45, 2.75) is 24.9 Å². The normalized spacial score (nSPS) is 25.7. The lowest BCUT2D eigenvalue weighted by Crippen LogP contribution is -2.44. The summed E-state index contributed by atoms with van der Waals surface area (Å²) in [6.45, 7) is 0.961. The molecule has 0 radical (unpaired) electrons. The molecular formula is C16H17N3O4. The molecule has 2 fully saturated rings. The number of rotatable bonds is 3. The van der Waals surface area contributed by atoms with Crippen LogP contribution >= 0.6 is 0 Å². The molecule has 120 valence electrons. The van der Waals surface area contributed by atoms with Gasteiger partial charge >= 0.3 is 5.97 Å². The van der Waals surface area contributed by atoms with Crippen molar-refractivity contribution in [2.24, 2.45) is 5.92 Å². The first-order chi connectivity index (χ1) is 11.1. The molecule has 7 heteroatoms. The number of furan rings is 1. The van der Waals surface area contributed by atoms with Crippen LogP contribution in [0.3, 0.4) is 0 Å². The summed E-state index contributed by atoms with van der Waals surface area (Å²) in [6, 6.07) is 3.84. The smallest absolute Gasteiger partial charge is 0.373 e. The summed E-state index contributed by atoms with van der Waals surface area (Å²) in [5.41, 5.74) is 0.735. The van der Waals surface area contributed by atoms with E-state index in [1.165, 1.54) is 13.3 Å². The number of nitrogens with one attached hydrogen (secondary N) is 2. The minimum absolute atomic E-state index is 0.0982. The van der Waals surface area contributed by atoms with Crippen LogP contribution in [0.5, 0.6) is 0 Å². The molecule has 23 heavy (non-hydrogen) atoms. The highest BCUT2D eigenvalue weighted by molar-refractivity contribution is 5.97. The number of aromatic nitrogens is 1. The molecule has 1 saturated carbocycles. The first-order valence-electron chi connectivity index (χ1n) is 7.66. The maximum Gasteiger partial charge on any atom is 0.373 e. The van der Waals surface area contributed by atoms with Crippen molar-refractivity contribution in [1.82, 2.24) is 15.6 Å². The van der Waals surface area contributed by atoms with Crippen molar-refractivity contribution < 1.29 is 18.7 Å². The van der Waals surface area contributed by atoms with Crippen LogP contribution in [0.1, 0.15) is 33.9 Å². The number of pyridine rings is 1. The molecule has 2 aromatic heterocycles. The molecule has 1 amide bonds. The van der Waals surface area contributed by atoms with Crippen LogP contribution in [0, 0.1) is 5.92 Å². The van der Waals surface area contributed by atoms with Crippen molar-refractivity contribution in [2.75, 3.05) is 13.7 Å². The second kappa shape index (κ2) is 5.34. The molecule has 3 unspecified atom stereocenters. The van der Waals surface area contributed by atoms with E-state index >= 15 is 0 Å². The average Bonchev–Trinajstić information content (AvgIpc) is 3.27. The van der Waals surface area contributed by atoms with Crippen LogP contribution in [-0.4, -0.2) is 42.6 Å². The Morgan fingerprint density at radius 1 is 1.39 bits per heavy atom.